The monoisotopic (exact) mass is 435 g/mol. The van der Waals surface area contributed by atoms with Crippen molar-refractivity contribution in [3.8, 4) is 20.9 Å². The van der Waals surface area contributed by atoms with E-state index in [9.17, 15) is 0 Å². The lowest BCUT2D eigenvalue weighted by molar-refractivity contribution is -0.671. The number of hydrogen-bond donors (Lipinski definition) is 0. The van der Waals surface area contributed by atoms with E-state index in [2.05, 4.69) is 91.3 Å². The maximum Gasteiger partial charge on any atom is 0.169 e. The molecule has 0 atom stereocenters. The summed E-state index contributed by atoms with van der Waals surface area (Å²) in [6, 6.07) is 18.2. The first-order valence-electron chi connectivity index (χ1n) is 12.1. The fourth-order valence-electron chi connectivity index (χ4n) is 3.98. The average molecular weight is 436 g/mol. The second-order valence-corrected chi connectivity index (χ2v) is 9.66. The van der Waals surface area contributed by atoms with Crippen molar-refractivity contribution in [1.82, 2.24) is 0 Å². The summed E-state index contributed by atoms with van der Waals surface area (Å²) < 4.78 is 2.08. The van der Waals surface area contributed by atoms with Crippen LogP contribution in [0.5, 0.6) is 0 Å². The number of pyridine rings is 1. The molecular formula is C28H39N2S+. The SMILES string of the molecule is CCCCCCN(CCCCCC)c1ccc(-c2ccc(-c3cc[n+](C)cc3)s2)cc1. The van der Waals surface area contributed by atoms with Crippen LogP contribution in [0.1, 0.15) is 65.2 Å². The van der Waals surface area contributed by atoms with Crippen molar-refractivity contribution in [2.45, 2.75) is 65.2 Å². The Hall–Kier alpha value is -2.13. The van der Waals surface area contributed by atoms with Crippen LogP contribution in [0.3, 0.4) is 0 Å². The van der Waals surface area contributed by atoms with Crippen molar-refractivity contribution < 1.29 is 4.57 Å². The Morgan fingerprint density at radius 2 is 1.16 bits per heavy atom. The van der Waals surface area contributed by atoms with Gasteiger partial charge in [-0.1, -0.05) is 64.5 Å². The number of anilines is 1. The van der Waals surface area contributed by atoms with Crippen LogP contribution in [-0.4, -0.2) is 13.1 Å². The molecule has 3 aromatic rings. The van der Waals surface area contributed by atoms with Crippen LogP contribution < -0.4 is 9.47 Å². The van der Waals surface area contributed by atoms with Gasteiger partial charge in [0.25, 0.3) is 0 Å². The van der Waals surface area contributed by atoms with Gasteiger partial charge in [0.15, 0.2) is 12.4 Å². The quantitative estimate of drug-likeness (QED) is 0.196. The van der Waals surface area contributed by atoms with E-state index in [0.717, 1.165) is 0 Å². The van der Waals surface area contributed by atoms with Gasteiger partial charge in [-0.05, 0) is 42.7 Å². The fraction of sp³-hybridized carbons (Fsp3) is 0.464. The number of thiophene rings is 1. The highest BCUT2D eigenvalue weighted by molar-refractivity contribution is 7.18. The van der Waals surface area contributed by atoms with Gasteiger partial charge in [-0.15, -0.1) is 11.3 Å². The average Bonchev–Trinajstić information content (AvgIpc) is 3.29. The van der Waals surface area contributed by atoms with E-state index in [0.29, 0.717) is 0 Å². The lowest BCUT2D eigenvalue weighted by atomic mass is 10.1. The van der Waals surface area contributed by atoms with E-state index in [1.54, 1.807) is 0 Å². The molecule has 1 aromatic carbocycles. The number of aromatic nitrogens is 1. The lowest BCUT2D eigenvalue weighted by Crippen LogP contribution is -2.25. The highest BCUT2D eigenvalue weighted by atomic mass is 32.1. The summed E-state index contributed by atoms with van der Waals surface area (Å²) in [5.41, 5.74) is 3.98. The highest BCUT2D eigenvalue weighted by Crippen LogP contribution is 2.34. The van der Waals surface area contributed by atoms with Gasteiger partial charge >= 0.3 is 0 Å². The maximum atomic E-state index is 2.61. The Morgan fingerprint density at radius 3 is 1.68 bits per heavy atom. The summed E-state index contributed by atoms with van der Waals surface area (Å²) >= 11 is 1.88. The Labute approximate surface area is 193 Å². The largest absolute Gasteiger partial charge is 0.372 e. The second kappa shape index (κ2) is 12.7. The molecule has 166 valence electrons. The normalized spacial score (nSPS) is 11.1. The van der Waals surface area contributed by atoms with Crippen LogP contribution in [0.4, 0.5) is 5.69 Å². The van der Waals surface area contributed by atoms with Crippen LogP contribution in [0.15, 0.2) is 60.9 Å². The first-order valence-corrected chi connectivity index (χ1v) is 12.9. The predicted molar refractivity (Wildman–Crippen MR) is 137 cm³/mol. The smallest absolute Gasteiger partial charge is 0.169 e. The zero-order valence-corrected chi connectivity index (χ0v) is 20.5. The number of hydrogen-bond acceptors (Lipinski definition) is 2. The fourth-order valence-corrected chi connectivity index (χ4v) is 5.00. The van der Waals surface area contributed by atoms with Crippen molar-refractivity contribution >= 4 is 17.0 Å². The predicted octanol–water partition coefficient (Wildman–Crippen LogP) is 7.87. The molecule has 2 nitrogen and oxygen atoms in total. The molecule has 3 heteroatoms. The van der Waals surface area contributed by atoms with Gasteiger partial charge in [-0.3, -0.25) is 0 Å². The van der Waals surface area contributed by atoms with Gasteiger partial charge in [0.2, 0.25) is 0 Å². The summed E-state index contributed by atoms with van der Waals surface area (Å²) in [5.74, 6) is 0. The van der Waals surface area contributed by atoms with Gasteiger partial charge in [0.05, 0.1) is 0 Å². The van der Waals surface area contributed by atoms with Crippen LogP contribution >= 0.6 is 11.3 Å². The molecular weight excluding hydrogens is 396 g/mol. The minimum atomic E-state index is 1.18. The third-order valence-electron chi connectivity index (χ3n) is 5.95. The third-order valence-corrected chi connectivity index (χ3v) is 7.13. The van der Waals surface area contributed by atoms with Gasteiger partial charge in [-0.2, -0.15) is 0 Å². The number of nitrogens with zero attached hydrogens (tertiary/aromatic N) is 2. The summed E-state index contributed by atoms with van der Waals surface area (Å²) in [6.45, 7) is 6.93. The Bertz CT molecular complexity index is 868. The van der Waals surface area contributed by atoms with Gasteiger partial charge in [0.1, 0.15) is 7.05 Å². The Balaban J connectivity index is 1.67. The van der Waals surface area contributed by atoms with Crippen LogP contribution in [0, 0.1) is 0 Å². The Kier molecular flexibility index (Phi) is 9.61. The molecule has 0 fully saturated rings. The van der Waals surface area contributed by atoms with E-state index in [1.807, 2.05) is 11.3 Å². The number of rotatable bonds is 13. The highest BCUT2D eigenvalue weighted by Gasteiger charge is 2.09. The summed E-state index contributed by atoms with van der Waals surface area (Å²) in [5, 5.41) is 0. The molecule has 0 unspecified atom stereocenters. The molecule has 2 aromatic heterocycles. The summed E-state index contributed by atoms with van der Waals surface area (Å²) in [7, 11) is 2.06. The van der Waals surface area contributed by atoms with E-state index in [1.165, 1.54) is 91.0 Å². The van der Waals surface area contributed by atoms with Crippen molar-refractivity contribution in [2.24, 2.45) is 7.05 Å². The molecule has 0 saturated carbocycles. The zero-order chi connectivity index (χ0) is 21.9. The molecule has 0 spiro atoms. The summed E-state index contributed by atoms with van der Waals surface area (Å²) in [6.07, 6.45) is 14.8. The lowest BCUT2D eigenvalue weighted by Gasteiger charge is -2.25. The molecule has 0 bridgehead atoms. The van der Waals surface area contributed by atoms with Crippen LogP contribution in [0.2, 0.25) is 0 Å². The van der Waals surface area contributed by atoms with Crippen molar-refractivity contribution in [3.63, 3.8) is 0 Å². The molecule has 0 aliphatic rings. The number of benzene rings is 1. The maximum absolute atomic E-state index is 2.61. The standard InChI is InChI=1S/C28H39N2S/c1-4-6-8-10-20-30(21-11-9-7-5-2)26-14-12-24(13-15-26)27-16-17-28(31-27)25-18-22-29(3)23-19-25/h12-19,22-23H,4-11,20-21H2,1-3H3/q+1. The van der Waals surface area contributed by atoms with E-state index >= 15 is 0 Å². The van der Waals surface area contributed by atoms with Gasteiger partial charge < -0.3 is 4.90 Å². The molecule has 0 amide bonds. The zero-order valence-electron chi connectivity index (χ0n) is 19.6. The second-order valence-electron chi connectivity index (χ2n) is 8.57. The van der Waals surface area contributed by atoms with Gasteiger partial charge in [-0.25, -0.2) is 4.57 Å². The number of unbranched alkanes of at least 4 members (excludes halogenated alkanes) is 6. The molecule has 0 aliphatic carbocycles. The number of aryl methyl sites for hydroxylation is 1. The molecule has 0 saturated heterocycles. The van der Waals surface area contributed by atoms with E-state index in [-0.39, 0.29) is 0 Å². The minimum Gasteiger partial charge on any atom is -0.372 e. The molecule has 0 N–H and O–H groups in total. The van der Waals surface area contributed by atoms with Crippen molar-refractivity contribution in [3.05, 3.63) is 60.9 Å². The first-order chi connectivity index (χ1) is 15.2. The molecule has 2 heterocycles. The van der Waals surface area contributed by atoms with Crippen LogP contribution in [0.25, 0.3) is 20.9 Å². The van der Waals surface area contributed by atoms with E-state index in [4.69, 9.17) is 0 Å². The molecule has 0 aliphatic heterocycles. The van der Waals surface area contributed by atoms with E-state index < -0.39 is 0 Å². The van der Waals surface area contributed by atoms with Gasteiger partial charge in [0, 0.05) is 46.2 Å². The minimum absolute atomic E-state index is 1.18. The Morgan fingerprint density at radius 1 is 0.645 bits per heavy atom. The molecule has 3 rings (SSSR count). The topological polar surface area (TPSA) is 7.12 Å². The molecule has 31 heavy (non-hydrogen) atoms. The summed E-state index contributed by atoms with van der Waals surface area (Å²) in [4.78, 5) is 5.28. The van der Waals surface area contributed by atoms with Crippen molar-refractivity contribution in [2.75, 3.05) is 18.0 Å². The molecule has 0 radical (unpaired) electrons. The van der Waals surface area contributed by atoms with Crippen molar-refractivity contribution in [1.29, 1.82) is 0 Å². The van der Waals surface area contributed by atoms with Crippen LogP contribution in [-0.2, 0) is 7.05 Å². The first kappa shape index (κ1) is 23.5. The third kappa shape index (κ3) is 7.21.